The largest absolute Gasteiger partial charge is 0.481 e. The van der Waals surface area contributed by atoms with Crippen molar-refractivity contribution in [2.75, 3.05) is 33.0 Å². The predicted molar refractivity (Wildman–Crippen MR) is 103 cm³/mol. The van der Waals surface area contributed by atoms with E-state index in [4.69, 9.17) is 5.11 Å². The number of carboxylic acid groups (broad SMARTS) is 1. The van der Waals surface area contributed by atoms with E-state index < -0.39 is 18.0 Å². The molecule has 0 aliphatic carbocycles. The topological polar surface area (TPSA) is 91.3 Å². The van der Waals surface area contributed by atoms with Gasteiger partial charge in [-0.25, -0.2) is 9.78 Å². The van der Waals surface area contributed by atoms with Crippen LogP contribution < -0.4 is 10.6 Å². The van der Waals surface area contributed by atoms with Gasteiger partial charge in [-0.15, -0.1) is 0 Å². The third-order valence-electron chi connectivity index (χ3n) is 3.57. The minimum Gasteiger partial charge on any atom is -0.481 e. The summed E-state index contributed by atoms with van der Waals surface area (Å²) in [4.78, 5) is 27.9. The molecule has 0 radical (unpaired) electrons. The lowest BCUT2D eigenvalue weighted by Crippen LogP contribution is -2.50. The number of nitrogens with one attached hydrogen (secondary N) is 2. The highest BCUT2D eigenvalue weighted by Crippen LogP contribution is 2.31. The Morgan fingerprint density at radius 3 is 2.46 bits per heavy atom. The van der Waals surface area contributed by atoms with Gasteiger partial charge in [0.25, 0.3) is 0 Å². The van der Waals surface area contributed by atoms with Gasteiger partial charge in [0.15, 0.2) is 0 Å². The van der Waals surface area contributed by atoms with Crippen molar-refractivity contribution in [3.05, 3.63) is 36.0 Å². The van der Waals surface area contributed by atoms with E-state index in [1.807, 2.05) is 58.4 Å². The van der Waals surface area contributed by atoms with E-state index >= 15 is 0 Å². The van der Waals surface area contributed by atoms with Crippen LogP contribution in [-0.2, 0) is 4.79 Å². The lowest BCUT2D eigenvalue weighted by Gasteiger charge is -2.29. The van der Waals surface area contributed by atoms with Crippen LogP contribution in [0.5, 0.6) is 0 Å². The Balaban J connectivity index is 2.06. The van der Waals surface area contributed by atoms with Crippen molar-refractivity contribution in [1.29, 1.82) is 0 Å². The van der Waals surface area contributed by atoms with E-state index in [1.54, 1.807) is 0 Å². The van der Waals surface area contributed by atoms with Gasteiger partial charge in [-0.2, -0.15) is 0 Å². The number of aromatic nitrogens is 1. The molecule has 0 aliphatic heterocycles. The average molecular weight is 377 g/mol. The van der Waals surface area contributed by atoms with Gasteiger partial charge in [0.2, 0.25) is 0 Å². The van der Waals surface area contributed by atoms with Gasteiger partial charge in [-0.05, 0) is 6.92 Å². The van der Waals surface area contributed by atoms with Crippen LogP contribution in [0.1, 0.15) is 12.1 Å². The van der Waals surface area contributed by atoms with Crippen molar-refractivity contribution >= 4 is 28.3 Å². The molecule has 140 valence electrons. The molecule has 1 heterocycles. The van der Waals surface area contributed by atoms with Crippen LogP contribution in [0.2, 0.25) is 0 Å². The first-order valence-corrected chi connectivity index (χ1v) is 9.08. The van der Waals surface area contributed by atoms with Gasteiger partial charge in [-0.1, -0.05) is 41.7 Å². The Hall–Kier alpha value is -2.45. The van der Waals surface area contributed by atoms with Crippen molar-refractivity contribution in [2.45, 2.75) is 19.4 Å². The Morgan fingerprint density at radius 1 is 1.23 bits per heavy atom. The van der Waals surface area contributed by atoms with E-state index in [0.29, 0.717) is 16.0 Å². The normalized spacial score (nSPS) is 12.5. The van der Waals surface area contributed by atoms with Crippen molar-refractivity contribution in [3.8, 4) is 10.6 Å². The standard InChI is InChI=1S/C18H24N4O3S/c1-12-16(26-17(19-12)13-8-6-5-7-9-13)21-18(25)20-14(10-15(23)24)11-22(2,3)4/h5-9,14H,10-11H2,1-4H3,(H2-,20,21,23,24,25)/p+1. The summed E-state index contributed by atoms with van der Waals surface area (Å²) in [6.07, 6.45) is -0.125. The first kappa shape index (κ1) is 19.9. The minimum absolute atomic E-state index is 0.125. The molecule has 1 atom stereocenters. The fourth-order valence-electron chi connectivity index (χ4n) is 2.57. The molecule has 0 bridgehead atoms. The number of carbonyl (C=O) groups is 2. The second-order valence-electron chi connectivity index (χ2n) is 7.17. The molecule has 2 aromatic rings. The highest BCUT2D eigenvalue weighted by atomic mass is 32.1. The van der Waals surface area contributed by atoms with Crippen molar-refractivity contribution in [1.82, 2.24) is 10.3 Å². The molecular weight excluding hydrogens is 352 g/mol. The molecule has 2 rings (SSSR count). The second kappa shape index (κ2) is 8.29. The van der Waals surface area contributed by atoms with Crippen LogP contribution in [0.4, 0.5) is 9.80 Å². The van der Waals surface area contributed by atoms with Crippen molar-refractivity contribution < 1.29 is 19.2 Å². The number of thiazole rings is 1. The second-order valence-corrected chi connectivity index (χ2v) is 8.16. The predicted octanol–water partition coefficient (Wildman–Crippen LogP) is 2.79. The van der Waals surface area contributed by atoms with E-state index in [9.17, 15) is 9.59 Å². The number of hydrogen-bond acceptors (Lipinski definition) is 4. The molecule has 2 amide bonds. The third-order valence-corrected chi connectivity index (χ3v) is 4.69. The van der Waals surface area contributed by atoms with E-state index in [-0.39, 0.29) is 6.42 Å². The SMILES string of the molecule is Cc1nc(-c2ccccc2)sc1NC(=O)NC(CC(=O)O)C[N+](C)(C)C. The number of nitrogens with zero attached hydrogens (tertiary/aromatic N) is 2. The van der Waals surface area contributed by atoms with E-state index in [2.05, 4.69) is 15.6 Å². The highest BCUT2D eigenvalue weighted by Gasteiger charge is 2.23. The summed E-state index contributed by atoms with van der Waals surface area (Å²) in [5, 5.41) is 16.1. The maximum absolute atomic E-state index is 12.3. The number of aliphatic carboxylic acids is 1. The van der Waals surface area contributed by atoms with Crippen LogP contribution in [0.25, 0.3) is 10.6 Å². The number of carboxylic acids is 1. The summed E-state index contributed by atoms with van der Waals surface area (Å²) in [6, 6.07) is 8.86. The Bertz CT molecular complexity index is 768. The average Bonchev–Trinajstić information content (AvgIpc) is 2.86. The Labute approximate surface area is 157 Å². The minimum atomic E-state index is -0.941. The van der Waals surface area contributed by atoms with Crippen molar-refractivity contribution in [2.24, 2.45) is 0 Å². The fourth-order valence-corrected chi connectivity index (χ4v) is 3.54. The molecule has 0 saturated carbocycles. The number of aryl methyl sites for hydroxylation is 1. The molecule has 1 aromatic carbocycles. The quantitative estimate of drug-likeness (QED) is 0.647. The molecule has 7 nitrogen and oxygen atoms in total. The van der Waals surface area contributed by atoms with Gasteiger partial charge in [0.1, 0.15) is 10.0 Å². The summed E-state index contributed by atoms with van der Waals surface area (Å²) >= 11 is 1.39. The zero-order chi connectivity index (χ0) is 19.3. The highest BCUT2D eigenvalue weighted by molar-refractivity contribution is 7.19. The molecule has 8 heteroatoms. The summed E-state index contributed by atoms with van der Waals surface area (Å²) in [6.45, 7) is 2.34. The summed E-state index contributed by atoms with van der Waals surface area (Å²) < 4.78 is 0.552. The lowest BCUT2D eigenvalue weighted by atomic mass is 10.2. The third kappa shape index (κ3) is 6.12. The molecule has 1 aromatic heterocycles. The lowest BCUT2D eigenvalue weighted by molar-refractivity contribution is -0.871. The smallest absolute Gasteiger partial charge is 0.320 e. The molecule has 1 unspecified atom stereocenters. The number of likely N-dealkylation sites (N-methyl/N-ethyl adjacent to an activating group) is 1. The van der Waals surface area contributed by atoms with Gasteiger partial charge in [-0.3, -0.25) is 10.1 Å². The van der Waals surface area contributed by atoms with Crippen LogP contribution >= 0.6 is 11.3 Å². The molecule has 0 spiro atoms. The summed E-state index contributed by atoms with van der Waals surface area (Å²) in [5.74, 6) is -0.941. The molecular formula is C18H25N4O3S+. The number of rotatable bonds is 7. The first-order chi connectivity index (χ1) is 12.1. The zero-order valence-corrected chi connectivity index (χ0v) is 16.3. The first-order valence-electron chi connectivity index (χ1n) is 8.26. The zero-order valence-electron chi connectivity index (χ0n) is 15.4. The van der Waals surface area contributed by atoms with Crippen LogP contribution in [0, 0.1) is 6.92 Å². The van der Waals surface area contributed by atoms with Gasteiger partial charge < -0.3 is 14.9 Å². The van der Waals surface area contributed by atoms with Gasteiger partial charge >= 0.3 is 12.0 Å². The fraction of sp³-hybridized carbons (Fsp3) is 0.389. The van der Waals surface area contributed by atoms with E-state index in [0.717, 1.165) is 16.3 Å². The number of carbonyl (C=O) groups excluding carboxylic acids is 1. The van der Waals surface area contributed by atoms with Gasteiger partial charge in [0.05, 0.1) is 45.8 Å². The number of urea groups is 1. The number of benzene rings is 1. The van der Waals surface area contributed by atoms with Crippen LogP contribution in [-0.4, -0.2) is 60.3 Å². The molecule has 26 heavy (non-hydrogen) atoms. The number of anilines is 1. The van der Waals surface area contributed by atoms with E-state index in [1.165, 1.54) is 11.3 Å². The van der Waals surface area contributed by atoms with Crippen LogP contribution in [0.15, 0.2) is 30.3 Å². The maximum Gasteiger partial charge on any atom is 0.320 e. The summed E-state index contributed by atoms with van der Waals surface area (Å²) in [7, 11) is 5.86. The maximum atomic E-state index is 12.3. The Kier molecular flexibility index (Phi) is 6.33. The summed E-state index contributed by atoms with van der Waals surface area (Å²) in [5.41, 5.74) is 1.72. The number of amides is 2. The molecule has 0 fully saturated rings. The van der Waals surface area contributed by atoms with Gasteiger partial charge in [0, 0.05) is 5.56 Å². The van der Waals surface area contributed by atoms with Crippen molar-refractivity contribution in [3.63, 3.8) is 0 Å². The Morgan fingerprint density at radius 2 is 1.88 bits per heavy atom. The number of quaternary nitrogens is 1. The number of hydrogen-bond donors (Lipinski definition) is 3. The van der Waals surface area contributed by atoms with Crippen LogP contribution in [0.3, 0.4) is 0 Å². The monoisotopic (exact) mass is 377 g/mol. The molecule has 0 aliphatic rings. The molecule has 3 N–H and O–H groups in total. The molecule has 0 saturated heterocycles.